The molecular weight excluding hydrogens is 433 g/mol. The maximum Gasteiger partial charge on any atom is 0.349 e. The van der Waals surface area contributed by atoms with Gasteiger partial charge in [-0.2, -0.15) is 4.68 Å². The number of nitrogens with one attached hydrogen (secondary N) is 2. The summed E-state index contributed by atoms with van der Waals surface area (Å²) in [6.07, 6.45) is 1.60. The lowest BCUT2D eigenvalue weighted by atomic mass is 9.98. The predicted octanol–water partition coefficient (Wildman–Crippen LogP) is 2.59. The van der Waals surface area contributed by atoms with Crippen molar-refractivity contribution >= 4 is 40.6 Å². The number of carbonyl (C=O) groups is 1. The zero-order chi connectivity index (χ0) is 21.2. The summed E-state index contributed by atoms with van der Waals surface area (Å²) in [4.78, 5) is 37.7. The molecule has 0 radical (unpaired) electrons. The highest BCUT2D eigenvalue weighted by atomic mass is 35.5. The van der Waals surface area contributed by atoms with Gasteiger partial charge < -0.3 is 15.8 Å². The van der Waals surface area contributed by atoms with Gasteiger partial charge in [-0.15, -0.1) is 5.10 Å². The Morgan fingerprint density at radius 1 is 1.10 bits per heavy atom. The molecule has 0 atom stereocenters. The first-order valence-electron chi connectivity index (χ1n) is 8.91. The van der Waals surface area contributed by atoms with Gasteiger partial charge in [-0.05, 0) is 48.7 Å². The van der Waals surface area contributed by atoms with Crippen molar-refractivity contribution in [1.82, 2.24) is 14.8 Å². The molecule has 1 aromatic heterocycles. The van der Waals surface area contributed by atoms with Crippen LogP contribution < -0.4 is 27.0 Å². The highest BCUT2D eigenvalue weighted by Crippen LogP contribution is 2.56. The van der Waals surface area contributed by atoms with Crippen molar-refractivity contribution in [3.05, 3.63) is 66.8 Å². The van der Waals surface area contributed by atoms with E-state index in [9.17, 15) is 14.4 Å². The van der Waals surface area contributed by atoms with Gasteiger partial charge in [0.05, 0.1) is 21.1 Å². The van der Waals surface area contributed by atoms with Crippen LogP contribution in [0.3, 0.4) is 0 Å². The van der Waals surface area contributed by atoms with Gasteiger partial charge in [-0.1, -0.05) is 23.2 Å². The number of nitrogens with zero attached hydrogens (tertiary/aromatic N) is 2. The van der Waals surface area contributed by atoms with Crippen LogP contribution in [0.1, 0.15) is 18.4 Å². The fraction of sp³-hybridized carbons (Fsp3) is 0.158. The third kappa shape index (κ3) is 2.78. The van der Waals surface area contributed by atoms with Crippen LogP contribution in [-0.2, 0) is 10.2 Å². The molecule has 0 saturated heterocycles. The summed E-state index contributed by atoms with van der Waals surface area (Å²) in [7, 11) is 0. The molecule has 9 nitrogen and oxygen atoms in total. The van der Waals surface area contributed by atoms with Gasteiger partial charge in [0.2, 0.25) is 11.7 Å². The number of aromatic nitrogens is 3. The molecule has 1 aliphatic carbocycles. The lowest BCUT2D eigenvalue weighted by Gasteiger charge is -2.13. The van der Waals surface area contributed by atoms with Gasteiger partial charge in [0, 0.05) is 5.69 Å². The number of halogens is 2. The van der Waals surface area contributed by atoms with Gasteiger partial charge in [-0.25, -0.2) is 4.79 Å². The number of amides is 1. The maximum atomic E-state index is 12.2. The van der Waals surface area contributed by atoms with Crippen molar-refractivity contribution in [3.8, 4) is 17.2 Å². The third-order valence-corrected chi connectivity index (χ3v) is 5.80. The van der Waals surface area contributed by atoms with Crippen LogP contribution in [0.5, 0.6) is 11.5 Å². The molecule has 1 amide bonds. The highest BCUT2D eigenvalue weighted by molar-refractivity contribution is 6.37. The van der Waals surface area contributed by atoms with Crippen LogP contribution in [0.4, 0.5) is 11.5 Å². The van der Waals surface area contributed by atoms with E-state index in [4.69, 9.17) is 33.7 Å². The molecule has 0 bridgehead atoms. The van der Waals surface area contributed by atoms with E-state index in [2.05, 4.69) is 15.4 Å². The molecule has 2 aliphatic rings. The number of carbonyl (C=O) groups excluding carboxylic acids is 1. The van der Waals surface area contributed by atoms with Crippen LogP contribution in [0.2, 0.25) is 10.0 Å². The quantitative estimate of drug-likeness (QED) is 0.567. The Labute approximate surface area is 178 Å². The minimum Gasteiger partial charge on any atom is -0.454 e. The number of hydrogen-bond donors (Lipinski definition) is 3. The largest absolute Gasteiger partial charge is 0.454 e. The molecule has 4 N–H and O–H groups in total. The first-order chi connectivity index (χ1) is 14.3. The third-order valence-electron chi connectivity index (χ3n) is 5.24. The number of nitrogen functional groups attached to an aromatic ring is 1. The molecule has 1 saturated carbocycles. The van der Waals surface area contributed by atoms with Gasteiger partial charge in [0.25, 0.3) is 5.56 Å². The maximum absolute atomic E-state index is 12.2. The summed E-state index contributed by atoms with van der Waals surface area (Å²) in [6, 6.07) is 8.11. The molecule has 5 rings (SSSR count). The van der Waals surface area contributed by atoms with E-state index < -0.39 is 16.7 Å². The van der Waals surface area contributed by atoms with Crippen LogP contribution in [0, 0.1) is 0 Å². The molecule has 1 aliphatic heterocycles. The number of ether oxygens (including phenoxy) is 1. The summed E-state index contributed by atoms with van der Waals surface area (Å²) in [5.74, 6) is 0.275. The molecule has 1 fully saturated rings. The molecule has 152 valence electrons. The Hall–Kier alpha value is -3.30. The molecule has 2 heterocycles. The smallest absolute Gasteiger partial charge is 0.349 e. The van der Waals surface area contributed by atoms with E-state index in [0.29, 0.717) is 5.75 Å². The number of aromatic amines is 1. The second-order valence-electron chi connectivity index (χ2n) is 7.14. The monoisotopic (exact) mass is 445 g/mol. The predicted molar refractivity (Wildman–Crippen MR) is 111 cm³/mol. The van der Waals surface area contributed by atoms with Crippen molar-refractivity contribution in [1.29, 1.82) is 0 Å². The molecule has 30 heavy (non-hydrogen) atoms. The van der Waals surface area contributed by atoms with E-state index in [-0.39, 0.29) is 33.2 Å². The number of benzene rings is 2. The van der Waals surface area contributed by atoms with E-state index in [0.717, 1.165) is 28.8 Å². The van der Waals surface area contributed by atoms with Gasteiger partial charge in [-0.3, -0.25) is 14.6 Å². The average Bonchev–Trinajstić information content (AvgIpc) is 3.45. The fourth-order valence-electron chi connectivity index (χ4n) is 3.55. The second-order valence-corrected chi connectivity index (χ2v) is 7.95. The number of H-pyrrole nitrogens is 1. The van der Waals surface area contributed by atoms with Gasteiger partial charge in [0.1, 0.15) is 5.75 Å². The molecular formula is C19H13Cl2N5O4. The number of hydrogen-bond acceptors (Lipinski definition) is 6. The summed E-state index contributed by atoms with van der Waals surface area (Å²) in [5.41, 5.74) is 5.32. The van der Waals surface area contributed by atoms with E-state index in [1.807, 2.05) is 0 Å². The van der Waals surface area contributed by atoms with Crippen molar-refractivity contribution in [3.63, 3.8) is 0 Å². The second kappa shape index (κ2) is 6.35. The zero-order valence-corrected chi connectivity index (χ0v) is 16.7. The van der Waals surface area contributed by atoms with Gasteiger partial charge >= 0.3 is 5.69 Å². The molecule has 11 heteroatoms. The summed E-state index contributed by atoms with van der Waals surface area (Å²) < 4.78 is 6.77. The number of anilines is 2. The Morgan fingerprint density at radius 3 is 2.47 bits per heavy atom. The number of fused-ring (bicyclic) bond motifs is 2. The van der Waals surface area contributed by atoms with Crippen LogP contribution >= 0.6 is 23.2 Å². The van der Waals surface area contributed by atoms with Crippen LogP contribution in [-0.4, -0.2) is 20.7 Å². The Morgan fingerprint density at radius 2 is 1.80 bits per heavy atom. The summed E-state index contributed by atoms with van der Waals surface area (Å²) in [6.45, 7) is 0. The SMILES string of the molecule is Nc1nn(-c2cc(Cl)c(Oc3ccc4c(c3)C3(CC3)C(=O)N4)c(Cl)c2)c(=O)[nH]c1=O. The van der Waals surface area contributed by atoms with E-state index >= 15 is 0 Å². The van der Waals surface area contributed by atoms with E-state index in [1.165, 1.54) is 12.1 Å². The van der Waals surface area contributed by atoms with Crippen LogP contribution in [0.15, 0.2) is 39.9 Å². The highest BCUT2D eigenvalue weighted by Gasteiger charge is 2.56. The Bertz CT molecular complexity index is 1340. The Kier molecular flexibility index (Phi) is 3.96. The molecule has 2 aromatic carbocycles. The molecule has 3 aromatic rings. The summed E-state index contributed by atoms with van der Waals surface area (Å²) in [5, 5.41) is 6.87. The first-order valence-corrected chi connectivity index (χ1v) is 9.66. The standard InChI is InChI=1S/C19H13Cl2N5O4/c20-11-5-8(26-18(29)24-16(27)15(22)25-26)6-12(21)14(11)30-9-1-2-13-10(7-9)19(3-4-19)17(28)23-13/h1-2,5-7H,3-4H2,(H2,22,25)(H,23,28)(H,24,27,29). The Balaban J connectivity index is 1.51. The molecule has 0 unspecified atom stereocenters. The fourth-order valence-corrected chi connectivity index (χ4v) is 4.10. The summed E-state index contributed by atoms with van der Waals surface area (Å²) >= 11 is 12.7. The number of nitrogens with two attached hydrogens (primary N) is 1. The van der Waals surface area contributed by atoms with E-state index in [1.54, 1.807) is 18.2 Å². The lowest BCUT2D eigenvalue weighted by molar-refractivity contribution is -0.117. The minimum absolute atomic E-state index is 0.00758. The average molecular weight is 446 g/mol. The van der Waals surface area contributed by atoms with Crippen LogP contribution in [0.25, 0.3) is 5.69 Å². The zero-order valence-electron chi connectivity index (χ0n) is 15.2. The van der Waals surface area contributed by atoms with Crippen molar-refractivity contribution < 1.29 is 9.53 Å². The number of rotatable bonds is 3. The van der Waals surface area contributed by atoms with Crippen molar-refractivity contribution in [2.75, 3.05) is 11.1 Å². The normalized spacial score (nSPS) is 15.7. The van der Waals surface area contributed by atoms with Crippen molar-refractivity contribution in [2.45, 2.75) is 18.3 Å². The molecule has 1 spiro atoms. The van der Waals surface area contributed by atoms with Gasteiger partial charge in [0.15, 0.2) is 5.75 Å². The minimum atomic E-state index is -0.791. The van der Waals surface area contributed by atoms with Crippen molar-refractivity contribution in [2.24, 2.45) is 0 Å². The topological polar surface area (TPSA) is 132 Å². The first kappa shape index (κ1) is 18.7. The lowest BCUT2D eigenvalue weighted by Crippen LogP contribution is -2.33.